The highest BCUT2D eigenvalue weighted by atomic mass is 16.5. The number of amides is 2. The lowest BCUT2D eigenvalue weighted by Crippen LogP contribution is -2.49. The number of aryl methyl sites for hydroxylation is 1. The molecule has 1 N–H and O–H groups in total. The van der Waals surface area contributed by atoms with Crippen LogP contribution >= 0.6 is 0 Å². The summed E-state index contributed by atoms with van der Waals surface area (Å²) in [5, 5.41) is 17.3. The van der Waals surface area contributed by atoms with E-state index in [2.05, 4.69) is 52.1 Å². The van der Waals surface area contributed by atoms with Crippen molar-refractivity contribution in [1.29, 1.82) is 5.26 Å². The fraction of sp³-hybridized carbons (Fsp3) is 0.512. The second-order valence-electron chi connectivity index (χ2n) is 16.1. The predicted octanol–water partition coefficient (Wildman–Crippen LogP) is 3.64. The number of likely N-dealkylation sites (tertiary alicyclic amines) is 2. The Kier molecular flexibility index (Phi) is 11.9. The van der Waals surface area contributed by atoms with Crippen LogP contribution in [0.4, 0.5) is 5.69 Å². The summed E-state index contributed by atoms with van der Waals surface area (Å²) in [4.78, 5) is 56.9. The summed E-state index contributed by atoms with van der Waals surface area (Å²) in [6.07, 6.45) is 8.68. The van der Waals surface area contributed by atoms with Crippen molar-refractivity contribution in [3.8, 4) is 23.2 Å². The Hall–Kier alpha value is -5.23. The number of piperidine rings is 3. The molecule has 0 radical (unpaired) electrons. The van der Waals surface area contributed by atoms with Gasteiger partial charge in [-0.25, -0.2) is 14.6 Å². The number of anilines is 1. The van der Waals surface area contributed by atoms with Gasteiger partial charge >= 0.3 is 0 Å². The van der Waals surface area contributed by atoms with Gasteiger partial charge in [-0.1, -0.05) is 18.2 Å². The number of nitrogens with zero attached hydrogens (tertiary/aromatic N) is 9. The number of ether oxygens (including phenoxy) is 1. The maximum atomic E-state index is 13.6. The molecular formula is C43H52N10O4. The van der Waals surface area contributed by atoms with E-state index in [1.807, 2.05) is 31.2 Å². The molecule has 4 fully saturated rings. The topological polar surface area (TPSA) is 153 Å². The fourth-order valence-electron chi connectivity index (χ4n) is 8.82. The van der Waals surface area contributed by atoms with Crippen LogP contribution in [0, 0.1) is 30.1 Å². The molecule has 0 bridgehead atoms. The summed E-state index contributed by atoms with van der Waals surface area (Å²) in [6, 6.07) is 14.7. The van der Waals surface area contributed by atoms with E-state index in [1.165, 1.54) is 30.6 Å². The van der Waals surface area contributed by atoms with Crippen LogP contribution in [-0.2, 0) is 9.59 Å². The van der Waals surface area contributed by atoms with Crippen LogP contribution in [0.5, 0.6) is 5.75 Å². The van der Waals surface area contributed by atoms with E-state index in [4.69, 9.17) is 10.00 Å². The minimum atomic E-state index is -0.774. The van der Waals surface area contributed by atoms with E-state index in [-0.39, 0.29) is 24.3 Å². The molecule has 4 aliphatic heterocycles. The van der Waals surface area contributed by atoms with Crippen molar-refractivity contribution in [3.05, 3.63) is 76.5 Å². The van der Waals surface area contributed by atoms with Gasteiger partial charge in [-0.15, -0.1) is 0 Å². The van der Waals surface area contributed by atoms with E-state index < -0.39 is 11.9 Å². The average Bonchev–Trinajstić information content (AvgIpc) is 3.25. The van der Waals surface area contributed by atoms with E-state index in [0.29, 0.717) is 40.7 Å². The molecule has 14 heteroatoms. The van der Waals surface area contributed by atoms with E-state index >= 15 is 0 Å². The number of nitrogens with one attached hydrogen (secondary N) is 1. The number of piperazine rings is 1. The highest BCUT2D eigenvalue weighted by Gasteiger charge is 2.31. The molecule has 57 heavy (non-hydrogen) atoms. The zero-order chi connectivity index (χ0) is 39.3. The number of fused-ring (bicyclic) bond motifs is 1. The van der Waals surface area contributed by atoms with Crippen LogP contribution in [-0.4, -0.2) is 125 Å². The van der Waals surface area contributed by atoms with Crippen LogP contribution in [0.15, 0.2) is 59.7 Å². The summed E-state index contributed by atoms with van der Waals surface area (Å²) in [7, 11) is 0. The van der Waals surface area contributed by atoms with Gasteiger partial charge in [-0.3, -0.25) is 24.6 Å². The normalized spacial score (nSPS) is 20.8. The Labute approximate surface area is 333 Å². The van der Waals surface area contributed by atoms with Crippen LogP contribution in [0.1, 0.15) is 55.8 Å². The van der Waals surface area contributed by atoms with Gasteiger partial charge in [-0.05, 0) is 101 Å². The third-order valence-electron chi connectivity index (χ3n) is 12.4. The van der Waals surface area contributed by atoms with E-state index in [9.17, 15) is 14.4 Å². The average molecular weight is 773 g/mol. The molecule has 298 valence electrons. The van der Waals surface area contributed by atoms with Gasteiger partial charge in [0, 0.05) is 68.9 Å². The first-order chi connectivity index (χ1) is 27.8. The summed E-state index contributed by atoms with van der Waals surface area (Å²) in [6.45, 7) is 14.3. The van der Waals surface area contributed by atoms with E-state index in [0.717, 1.165) is 94.3 Å². The lowest BCUT2D eigenvalue weighted by molar-refractivity contribution is -0.136. The molecule has 0 aliphatic carbocycles. The number of rotatable bonds is 11. The molecule has 1 unspecified atom stereocenters. The number of hydrogen-bond donors (Lipinski definition) is 1. The Morgan fingerprint density at radius 2 is 1.51 bits per heavy atom. The molecule has 2 amide bonds. The van der Waals surface area contributed by atoms with Gasteiger partial charge in [0.25, 0.3) is 11.5 Å². The minimum Gasteiger partial charge on any atom is -0.490 e. The highest BCUT2D eigenvalue weighted by Crippen LogP contribution is 2.27. The molecule has 0 spiro atoms. The second-order valence-corrected chi connectivity index (χ2v) is 16.1. The number of nitriles is 1. The number of benzene rings is 2. The lowest BCUT2D eigenvalue weighted by Gasteiger charge is -2.40. The SMILES string of the molecule is Cc1nn(C2CCC(=O)NC2=O)c(=O)c2cc(N3CCN(CC4CCN(CCN5CCC(COc6cnc(-c7cccc(C#N)c7)nc6)CC5)CC4)CC3)ccc12. The van der Waals surface area contributed by atoms with Crippen molar-refractivity contribution in [3.63, 3.8) is 0 Å². The molecule has 1 atom stereocenters. The first-order valence-corrected chi connectivity index (χ1v) is 20.5. The molecule has 4 saturated heterocycles. The number of hydrogen-bond acceptors (Lipinski definition) is 12. The summed E-state index contributed by atoms with van der Waals surface area (Å²) in [5.74, 6) is 1.75. The van der Waals surface area contributed by atoms with Crippen LogP contribution in [0.3, 0.4) is 0 Å². The molecular weight excluding hydrogens is 721 g/mol. The first-order valence-electron chi connectivity index (χ1n) is 20.5. The van der Waals surface area contributed by atoms with Crippen molar-refractivity contribution >= 4 is 28.3 Å². The minimum absolute atomic E-state index is 0.196. The van der Waals surface area contributed by atoms with Crippen LogP contribution in [0.2, 0.25) is 0 Å². The largest absolute Gasteiger partial charge is 0.490 e. The molecule has 2 aromatic heterocycles. The second kappa shape index (κ2) is 17.5. The number of carbonyl (C=O) groups is 2. The van der Waals surface area contributed by atoms with Crippen molar-refractivity contribution in [2.45, 2.75) is 51.5 Å². The van der Waals surface area contributed by atoms with Crippen LogP contribution in [0.25, 0.3) is 22.2 Å². The molecule has 0 saturated carbocycles. The standard InChI is InChI=1S/C43H52N10O4/c1-30-37-6-5-35(24-38(37)43(56)53(48-30)39-7-8-40(54)47-42(39)55)52-21-19-51(20-22-52)28-31-9-13-49(14-10-31)17-18-50-15-11-32(12-16-50)29-57-36-26-45-41(46-27-36)34-4-2-3-33(23-34)25-44/h2-6,23-24,26-27,31-32,39H,7-22,28-29H2,1H3,(H,47,54,55). The smallest absolute Gasteiger partial charge is 0.275 e. The van der Waals surface area contributed by atoms with Crippen molar-refractivity contribution in [2.75, 3.05) is 83.5 Å². The zero-order valence-electron chi connectivity index (χ0n) is 32.8. The van der Waals surface area contributed by atoms with Gasteiger partial charge < -0.3 is 19.4 Å². The van der Waals surface area contributed by atoms with Gasteiger partial charge in [0.1, 0.15) is 6.04 Å². The van der Waals surface area contributed by atoms with Gasteiger partial charge in [0.15, 0.2) is 11.6 Å². The van der Waals surface area contributed by atoms with Gasteiger partial charge in [0.2, 0.25) is 5.91 Å². The van der Waals surface area contributed by atoms with E-state index in [1.54, 1.807) is 24.5 Å². The predicted molar refractivity (Wildman–Crippen MR) is 217 cm³/mol. The van der Waals surface area contributed by atoms with Crippen molar-refractivity contribution in [1.82, 2.24) is 39.8 Å². The van der Waals surface area contributed by atoms with Crippen LogP contribution < -0.4 is 20.5 Å². The lowest BCUT2D eigenvalue weighted by atomic mass is 9.95. The molecule has 14 nitrogen and oxygen atoms in total. The third kappa shape index (κ3) is 9.17. The summed E-state index contributed by atoms with van der Waals surface area (Å²) in [5.41, 5.74) is 2.83. The van der Waals surface area contributed by atoms with Crippen molar-refractivity contribution in [2.24, 2.45) is 11.8 Å². The molecule has 2 aromatic carbocycles. The Morgan fingerprint density at radius 1 is 0.807 bits per heavy atom. The molecule has 6 heterocycles. The Bertz CT molecular complexity index is 2160. The summed E-state index contributed by atoms with van der Waals surface area (Å²) < 4.78 is 7.34. The first kappa shape index (κ1) is 38.6. The Balaban J connectivity index is 0.728. The Morgan fingerprint density at radius 3 is 2.19 bits per heavy atom. The maximum absolute atomic E-state index is 13.6. The quantitative estimate of drug-likeness (QED) is 0.222. The molecule has 8 rings (SSSR count). The molecule has 4 aromatic rings. The number of aromatic nitrogens is 4. The molecule has 4 aliphatic rings. The highest BCUT2D eigenvalue weighted by molar-refractivity contribution is 5.99. The monoisotopic (exact) mass is 772 g/mol. The number of carbonyl (C=O) groups excluding carboxylic acids is 2. The van der Waals surface area contributed by atoms with Crippen molar-refractivity contribution < 1.29 is 14.3 Å². The number of imide groups is 1. The fourth-order valence-corrected chi connectivity index (χ4v) is 8.82. The zero-order valence-corrected chi connectivity index (χ0v) is 32.8. The third-order valence-corrected chi connectivity index (χ3v) is 12.4. The summed E-state index contributed by atoms with van der Waals surface area (Å²) >= 11 is 0. The van der Waals surface area contributed by atoms with Gasteiger partial charge in [-0.2, -0.15) is 10.4 Å². The maximum Gasteiger partial charge on any atom is 0.275 e. The van der Waals surface area contributed by atoms with Gasteiger partial charge in [0.05, 0.1) is 41.7 Å².